The van der Waals surface area contributed by atoms with E-state index >= 15 is 0 Å². The highest BCUT2D eigenvalue weighted by Gasteiger charge is 2.32. The first-order valence-corrected chi connectivity index (χ1v) is 10.6. The quantitative estimate of drug-likeness (QED) is 0.387. The average molecular weight is 444 g/mol. The van der Waals surface area contributed by atoms with Crippen LogP contribution in [0.15, 0.2) is 30.3 Å². The van der Waals surface area contributed by atoms with Crippen LogP contribution in [0.4, 0.5) is 4.39 Å². The van der Waals surface area contributed by atoms with Crippen LogP contribution in [0.2, 0.25) is 0 Å². The Hall–Kier alpha value is -3.09. The largest absolute Gasteiger partial charge is 0.493 e. The molecule has 0 amide bonds. The third-order valence-electron chi connectivity index (χ3n) is 5.51. The van der Waals surface area contributed by atoms with Crippen LogP contribution in [0.3, 0.4) is 0 Å². The van der Waals surface area contributed by atoms with Gasteiger partial charge in [-0.15, -0.1) is 0 Å². The fourth-order valence-corrected chi connectivity index (χ4v) is 3.72. The number of carbonyl (C=O) groups excluding carboxylic acids is 2. The molecule has 0 N–H and O–H groups in total. The molecule has 0 spiro atoms. The molecule has 0 radical (unpaired) electrons. The standard InChI is InChI=1S/C25H29FO6/c1-25(2,24(28)31-14-6-13-26)15-32-22-19(10-12-21(29-3)23(22)30-4)16-7-5-8-18-17(16)9-11-20(18)27/h5,7-8,10,12H,6,9,11,13-15H2,1-4H3. The van der Waals surface area contributed by atoms with Crippen molar-refractivity contribution in [1.29, 1.82) is 0 Å². The van der Waals surface area contributed by atoms with Gasteiger partial charge in [-0.25, -0.2) is 0 Å². The monoisotopic (exact) mass is 444 g/mol. The Balaban J connectivity index is 1.98. The van der Waals surface area contributed by atoms with E-state index in [4.69, 9.17) is 18.9 Å². The number of rotatable bonds is 10. The van der Waals surface area contributed by atoms with Gasteiger partial charge in [0, 0.05) is 24.0 Å². The Morgan fingerprint density at radius 2 is 1.75 bits per heavy atom. The molecule has 172 valence electrons. The molecule has 0 bridgehead atoms. The number of fused-ring (bicyclic) bond motifs is 1. The van der Waals surface area contributed by atoms with Crippen LogP contribution in [-0.4, -0.2) is 45.9 Å². The summed E-state index contributed by atoms with van der Waals surface area (Å²) in [4.78, 5) is 24.7. The van der Waals surface area contributed by atoms with Gasteiger partial charge in [0.1, 0.15) is 6.61 Å². The highest BCUT2D eigenvalue weighted by atomic mass is 19.1. The molecule has 2 aromatic carbocycles. The van der Waals surface area contributed by atoms with Gasteiger partial charge in [0.2, 0.25) is 5.75 Å². The lowest BCUT2D eigenvalue weighted by Gasteiger charge is -2.25. The van der Waals surface area contributed by atoms with Crippen molar-refractivity contribution < 1.29 is 32.9 Å². The summed E-state index contributed by atoms with van der Waals surface area (Å²) in [5.41, 5.74) is 2.35. The molecule has 0 aromatic heterocycles. The maximum atomic E-state index is 12.5. The van der Waals surface area contributed by atoms with Crippen LogP contribution in [0.5, 0.6) is 17.2 Å². The van der Waals surface area contributed by atoms with E-state index < -0.39 is 18.1 Å². The van der Waals surface area contributed by atoms with Crippen molar-refractivity contribution in [2.24, 2.45) is 5.41 Å². The number of ether oxygens (including phenoxy) is 4. The summed E-state index contributed by atoms with van der Waals surface area (Å²) in [5.74, 6) is 0.957. The molecule has 3 rings (SSSR count). The van der Waals surface area contributed by atoms with E-state index in [9.17, 15) is 14.0 Å². The van der Waals surface area contributed by atoms with E-state index in [1.165, 1.54) is 14.2 Å². The van der Waals surface area contributed by atoms with Crippen molar-refractivity contribution in [3.8, 4) is 28.4 Å². The molecule has 0 saturated heterocycles. The van der Waals surface area contributed by atoms with Crippen molar-refractivity contribution in [3.63, 3.8) is 0 Å². The lowest BCUT2D eigenvalue weighted by atomic mass is 9.94. The Morgan fingerprint density at radius 1 is 1.00 bits per heavy atom. The first kappa shape index (κ1) is 23.6. The first-order valence-electron chi connectivity index (χ1n) is 10.6. The van der Waals surface area contributed by atoms with Crippen LogP contribution in [0.1, 0.15) is 42.6 Å². The molecule has 1 aliphatic rings. The zero-order chi connectivity index (χ0) is 23.3. The van der Waals surface area contributed by atoms with Crippen molar-refractivity contribution in [1.82, 2.24) is 0 Å². The van der Waals surface area contributed by atoms with Crippen LogP contribution >= 0.6 is 0 Å². The molecule has 6 nitrogen and oxygen atoms in total. The molecule has 0 heterocycles. The second-order valence-electron chi connectivity index (χ2n) is 8.28. The van der Waals surface area contributed by atoms with E-state index in [-0.39, 0.29) is 25.4 Å². The average Bonchev–Trinajstić information content (AvgIpc) is 3.18. The predicted octanol–water partition coefficient (Wildman–Crippen LogP) is 4.81. The maximum absolute atomic E-state index is 12.5. The molecule has 0 fully saturated rings. The van der Waals surface area contributed by atoms with Gasteiger partial charge < -0.3 is 18.9 Å². The number of Topliss-reactive ketones (excluding diaryl/α,β-unsaturated/α-hetero) is 1. The summed E-state index contributed by atoms with van der Waals surface area (Å²) in [7, 11) is 3.05. The van der Waals surface area contributed by atoms with Crippen LogP contribution in [0.25, 0.3) is 11.1 Å². The fourth-order valence-electron chi connectivity index (χ4n) is 3.72. The number of benzene rings is 2. The number of ketones is 1. The molecule has 32 heavy (non-hydrogen) atoms. The zero-order valence-corrected chi connectivity index (χ0v) is 19.0. The number of alkyl halides is 1. The van der Waals surface area contributed by atoms with Gasteiger partial charge in [-0.2, -0.15) is 0 Å². The lowest BCUT2D eigenvalue weighted by Crippen LogP contribution is -2.33. The minimum absolute atomic E-state index is 0.00589. The minimum atomic E-state index is -0.976. The van der Waals surface area contributed by atoms with E-state index in [1.54, 1.807) is 19.9 Å². The minimum Gasteiger partial charge on any atom is -0.493 e. The Bertz CT molecular complexity index is 998. The van der Waals surface area contributed by atoms with E-state index in [1.807, 2.05) is 24.3 Å². The van der Waals surface area contributed by atoms with Crippen molar-refractivity contribution >= 4 is 11.8 Å². The number of carbonyl (C=O) groups is 2. The third-order valence-corrected chi connectivity index (χ3v) is 5.51. The van der Waals surface area contributed by atoms with E-state index in [0.717, 1.165) is 22.3 Å². The van der Waals surface area contributed by atoms with Crippen molar-refractivity contribution in [2.45, 2.75) is 33.1 Å². The molecule has 7 heteroatoms. The number of esters is 1. The van der Waals surface area contributed by atoms with E-state index in [0.29, 0.717) is 30.1 Å². The number of methoxy groups -OCH3 is 2. The van der Waals surface area contributed by atoms with Crippen LogP contribution < -0.4 is 14.2 Å². The Kier molecular flexibility index (Phi) is 7.38. The summed E-state index contributed by atoms with van der Waals surface area (Å²) in [6.07, 6.45) is 1.30. The van der Waals surface area contributed by atoms with Gasteiger partial charge >= 0.3 is 5.97 Å². The third kappa shape index (κ3) is 4.71. The van der Waals surface area contributed by atoms with Gasteiger partial charge in [-0.1, -0.05) is 18.2 Å². The van der Waals surface area contributed by atoms with Gasteiger partial charge in [0.25, 0.3) is 0 Å². The van der Waals surface area contributed by atoms with Crippen LogP contribution in [-0.2, 0) is 16.0 Å². The number of halogens is 1. The van der Waals surface area contributed by atoms with Crippen molar-refractivity contribution in [3.05, 3.63) is 41.5 Å². The predicted molar refractivity (Wildman–Crippen MR) is 118 cm³/mol. The molecule has 0 saturated carbocycles. The second kappa shape index (κ2) is 10.0. The molecule has 2 aromatic rings. The Labute approximate surface area is 187 Å². The normalized spacial score (nSPS) is 13.0. The first-order chi connectivity index (χ1) is 15.3. The maximum Gasteiger partial charge on any atom is 0.314 e. The van der Waals surface area contributed by atoms with Gasteiger partial charge in [-0.3, -0.25) is 14.0 Å². The molecular formula is C25H29FO6. The Morgan fingerprint density at radius 3 is 2.44 bits per heavy atom. The molecule has 0 unspecified atom stereocenters. The highest BCUT2D eigenvalue weighted by Crippen LogP contribution is 2.47. The zero-order valence-electron chi connectivity index (χ0n) is 19.0. The summed E-state index contributed by atoms with van der Waals surface area (Å²) < 4.78 is 34.7. The second-order valence-corrected chi connectivity index (χ2v) is 8.28. The fraction of sp³-hybridized carbons (Fsp3) is 0.440. The smallest absolute Gasteiger partial charge is 0.314 e. The summed E-state index contributed by atoms with van der Waals surface area (Å²) >= 11 is 0. The van der Waals surface area contributed by atoms with Crippen molar-refractivity contribution in [2.75, 3.05) is 34.1 Å². The van der Waals surface area contributed by atoms with Gasteiger partial charge in [0.05, 0.1) is 32.9 Å². The highest BCUT2D eigenvalue weighted by molar-refractivity contribution is 6.02. The summed E-state index contributed by atoms with van der Waals surface area (Å²) in [6, 6.07) is 9.28. The topological polar surface area (TPSA) is 71.1 Å². The lowest BCUT2D eigenvalue weighted by molar-refractivity contribution is -0.155. The molecular weight excluding hydrogens is 415 g/mol. The number of hydrogen-bond acceptors (Lipinski definition) is 6. The summed E-state index contributed by atoms with van der Waals surface area (Å²) in [6.45, 7) is 2.90. The van der Waals surface area contributed by atoms with Crippen LogP contribution in [0, 0.1) is 5.41 Å². The molecule has 1 aliphatic carbocycles. The molecule has 0 atom stereocenters. The van der Waals surface area contributed by atoms with Gasteiger partial charge in [0.15, 0.2) is 17.3 Å². The van der Waals surface area contributed by atoms with Gasteiger partial charge in [-0.05, 0) is 43.5 Å². The summed E-state index contributed by atoms with van der Waals surface area (Å²) in [5, 5.41) is 0. The number of hydrogen-bond donors (Lipinski definition) is 0. The van der Waals surface area contributed by atoms with E-state index in [2.05, 4.69) is 0 Å². The molecule has 0 aliphatic heterocycles. The SMILES string of the molecule is COc1ccc(-c2cccc3c2CCC3=O)c(OCC(C)(C)C(=O)OCCCF)c1OC.